The molecule has 178 valence electrons. The van der Waals surface area contributed by atoms with Crippen LogP contribution >= 0.6 is 0 Å². The second-order valence-electron chi connectivity index (χ2n) is 8.99. The molecule has 5 nitrogen and oxygen atoms in total. The van der Waals surface area contributed by atoms with Crippen LogP contribution in [0.15, 0.2) is 42.5 Å². The Bertz CT molecular complexity index is 1090. The molecule has 1 aliphatic carbocycles. The largest absolute Gasteiger partial charge is 0.573 e. The summed E-state index contributed by atoms with van der Waals surface area (Å²) < 4.78 is 47.0. The predicted octanol–water partition coefficient (Wildman–Crippen LogP) is 6.90. The van der Waals surface area contributed by atoms with Gasteiger partial charge in [0.2, 0.25) is 0 Å². The van der Waals surface area contributed by atoms with Gasteiger partial charge in [0.1, 0.15) is 11.6 Å². The molecule has 0 bridgehead atoms. The minimum Gasteiger partial charge on any atom is -0.465 e. The maximum absolute atomic E-state index is 12.2. The van der Waals surface area contributed by atoms with E-state index in [2.05, 4.69) is 28.3 Å². The van der Waals surface area contributed by atoms with E-state index >= 15 is 0 Å². The molecule has 0 aliphatic heterocycles. The Labute approximate surface area is 191 Å². The number of methoxy groups -OCH3 is 1. The number of aromatic nitrogens is 2. The van der Waals surface area contributed by atoms with Crippen LogP contribution in [0.1, 0.15) is 56.3 Å². The van der Waals surface area contributed by atoms with E-state index in [1.165, 1.54) is 63.5 Å². The van der Waals surface area contributed by atoms with Gasteiger partial charge in [-0.25, -0.2) is 9.78 Å². The number of ether oxygens (including phenoxy) is 2. The van der Waals surface area contributed by atoms with E-state index in [1.807, 2.05) is 0 Å². The normalized spacial score (nSPS) is 15.5. The molecule has 0 saturated heterocycles. The smallest absolute Gasteiger partial charge is 0.465 e. The fourth-order valence-corrected chi connectivity index (χ4v) is 4.02. The summed E-state index contributed by atoms with van der Waals surface area (Å²) in [5, 5.41) is 0. The number of fused-ring (bicyclic) bond motifs is 1. The Morgan fingerprint density at radius 1 is 1.03 bits per heavy atom. The average molecular weight is 463 g/mol. The summed E-state index contributed by atoms with van der Waals surface area (Å²) in [6, 6.07) is 10.4. The van der Waals surface area contributed by atoms with Gasteiger partial charge in [0.15, 0.2) is 0 Å². The first-order valence-corrected chi connectivity index (χ1v) is 10.9. The number of hydrogen-bond acceptors (Lipinski definition) is 4. The molecule has 1 fully saturated rings. The zero-order valence-electron chi connectivity index (χ0n) is 19.3. The SMILES string of the molecule is CC1(C)CCCCC1.COC(=O)c1ccc2c(c1)nc(-c1ccc(OC(F)(F)F)cc1)n2C. The lowest BCUT2D eigenvalue weighted by Gasteiger charge is -2.28. The number of hydrogen-bond donors (Lipinski definition) is 0. The molecule has 0 unspecified atom stereocenters. The van der Waals surface area contributed by atoms with Crippen molar-refractivity contribution in [2.45, 2.75) is 52.3 Å². The van der Waals surface area contributed by atoms with Gasteiger partial charge in [-0.05, 0) is 60.7 Å². The first-order chi connectivity index (χ1) is 15.5. The molecule has 0 N–H and O–H groups in total. The van der Waals surface area contributed by atoms with Crippen LogP contribution < -0.4 is 4.74 Å². The highest BCUT2D eigenvalue weighted by Crippen LogP contribution is 2.34. The van der Waals surface area contributed by atoms with Crippen LogP contribution in [0.3, 0.4) is 0 Å². The number of alkyl halides is 3. The van der Waals surface area contributed by atoms with Crippen molar-refractivity contribution >= 4 is 17.0 Å². The van der Waals surface area contributed by atoms with Crippen LogP contribution in [0.5, 0.6) is 5.75 Å². The van der Waals surface area contributed by atoms with Crippen LogP contribution in [0.25, 0.3) is 22.4 Å². The molecule has 0 atom stereocenters. The van der Waals surface area contributed by atoms with Crippen molar-refractivity contribution in [2.75, 3.05) is 7.11 Å². The summed E-state index contributed by atoms with van der Waals surface area (Å²) in [7, 11) is 3.07. The summed E-state index contributed by atoms with van der Waals surface area (Å²) in [5.41, 5.74) is 3.02. The Kier molecular flexibility index (Phi) is 7.34. The van der Waals surface area contributed by atoms with E-state index in [1.54, 1.807) is 29.8 Å². The monoisotopic (exact) mass is 462 g/mol. The summed E-state index contributed by atoms with van der Waals surface area (Å²) >= 11 is 0. The fourth-order valence-electron chi connectivity index (χ4n) is 4.02. The molecule has 3 aromatic rings. The molecule has 0 spiro atoms. The van der Waals surface area contributed by atoms with Gasteiger partial charge in [0.25, 0.3) is 0 Å². The first-order valence-electron chi connectivity index (χ1n) is 10.9. The van der Waals surface area contributed by atoms with E-state index in [0.29, 0.717) is 27.9 Å². The molecule has 2 aromatic carbocycles. The van der Waals surface area contributed by atoms with Crippen LogP contribution in [-0.4, -0.2) is 29.0 Å². The molecule has 1 aromatic heterocycles. The third kappa shape index (κ3) is 6.49. The second-order valence-corrected chi connectivity index (χ2v) is 8.99. The Hall–Kier alpha value is -3.03. The van der Waals surface area contributed by atoms with Gasteiger partial charge in [-0.3, -0.25) is 0 Å². The van der Waals surface area contributed by atoms with E-state index < -0.39 is 12.3 Å². The third-order valence-electron chi connectivity index (χ3n) is 5.86. The minimum absolute atomic E-state index is 0.303. The summed E-state index contributed by atoms with van der Waals surface area (Å²) in [6.07, 6.45) is 2.58. The molecule has 0 amide bonds. The molecule has 33 heavy (non-hydrogen) atoms. The van der Waals surface area contributed by atoms with E-state index in [-0.39, 0.29) is 5.75 Å². The zero-order chi connectivity index (χ0) is 24.2. The van der Waals surface area contributed by atoms with Crippen molar-refractivity contribution < 1.29 is 27.4 Å². The van der Waals surface area contributed by atoms with Gasteiger partial charge in [-0.15, -0.1) is 13.2 Å². The maximum atomic E-state index is 12.2. The topological polar surface area (TPSA) is 53.4 Å². The predicted molar refractivity (Wildman–Crippen MR) is 121 cm³/mol. The maximum Gasteiger partial charge on any atom is 0.573 e. The van der Waals surface area contributed by atoms with Crippen molar-refractivity contribution in [3.05, 3.63) is 48.0 Å². The zero-order valence-corrected chi connectivity index (χ0v) is 19.3. The van der Waals surface area contributed by atoms with Crippen molar-refractivity contribution in [1.82, 2.24) is 9.55 Å². The molecule has 4 rings (SSSR count). The van der Waals surface area contributed by atoms with Crippen molar-refractivity contribution in [3.8, 4) is 17.1 Å². The Balaban J connectivity index is 0.000000323. The lowest BCUT2D eigenvalue weighted by molar-refractivity contribution is -0.274. The highest BCUT2D eigenvalue weighted by Gasteiger charge is 2.31. The lowest BCUT2D eigenvalue weighted by Crippen LogP contribution is -2.16. The van der Waals surface area contributed by atoms with E-state index in [9.17, 15) is 18.0 Å². The van der Waals surface area contributed by atoms with Crippen molar-refractivity contribution in [2.24, 2.45) is 12.5 Å². The lowest BCUT2D eigenvalue weighted by atomic mass is 9.78. The molecule has 0 radical (unpaired) electrons. The van der Waals surface area contributed by atoms with Crippen molar-refractivity contribution in [1.29, 1.82) is 0 Å². The summed E-state index contributed by atoms with van der Waals surface area (Å²) in [5.74, 6) is -0.221. The minimum atomic E-state index is -4.73. The third-order valence-corrected chi connectivity index (χ3v) is 5.86. The first kappa shape index (κ1) is 24.6. The molecular weight excluding hydrogens is 433 g/mol. The van der Waals surface area contributed by atoms with E-state index in [0.717, 1.165) is 5.52 Å². The highest BCUT2D eigenvalue weighted by molar-refractivity contribution is 5.94. The van der Waals surface area contributed by atoms with Crippen LogP contribution in [0.2, 0.25) is 0 Å². The molecule has 1 aliphatic rings. The number of nitrogens with zero attached hydrogens (tertiary/aromatic N) is 2. The van der Waals surface area contributed by atoms with Gasteiger partial charge < -0.3 is 14.0 Å². The van der Waals surface area contributed by atoms with Gasteiger partial charge in [0.05, 0.1) is 23.7 Å². The number of carbonyl (C=O) groups is 1. The standard InChI is InChI=1S/C17H13F3N2O3.C8H16/c1-22-14-8-5-11(16(23)24-2)9-13(14)21-15(22)10-3-6-12(7-4-10)25-17(18,19)20;1-8(2)6-4-3-5-7-8/h3-9H,1-2H3;3-7H2,1-2H3. The number of esters is 1. The Morgan fingerprint density at radius 3 is 2.18 bits per heavy atom. The number of rotatable bonds is 3. The number of imidazole rings is 1. The quantitative estimate of drug-likeness (QED) is 0.397. The second kappa shape index (κ2) is 9.85. The van der Waals surface area contributed by atoms with Gasteiger partial charge >= 0.3 is 12.3 Å². The molecule has 8 heteroatoms. The molecular formula is C25H29F3N2O3. The molecule has 1 saturated carbocycles. The Morgan fingerprint density at radius 2 is 1.67 bits per heavy atom. The van der Waals surface area contributed by atoms with Gasteiger partial charge in [0, 0.05) is 12.6 Å². The van der Waals surface area contributed by atoms with Crippen LogP contribution in [-0.2, 0) is 11.8 Å². The van der Waals surface area contributed by atoms with Gasteiger partial charge in [-0.2, -0.15) is 0 Å². The average Bonchev–Trinajstić information content (AvgIpc) is 3.09. The number of benzene rings is 2. The van der Waals surface area contributed by atoms with E-state index in [4.69, 9.17) is 0 Å². The van der Waals surface area contributed by atoms with Crippen LogP contribution in [0, 0.1) is 5.41 Å². The molecule has 1 heterocycles. The van der Waals surface area contributed by atoms with Crippen molar-refractivity contribution in [3.63, 3.8) is 0 Å². The summed E-state index contributed by atoms with van der Waals surface area (Å²) in [4.78, 5) is 16.1. The summed E-state index contributed by atoms with van der Waals surface area (Å²) in [6.45, 7) is 4.76. The fraction of sp³-hybridized carbons (Fsp3) is 0.440. The number of halogens is 3. The van der Waals surface area contributed by atoms with Gasteiger partial charge in [-0.1, -0.05) is 33.1 Å². The van der Waals surface area contributed by atoms with Crippen LogP contribution in [0.4, 0.5) is 13.2 Å². The highest BCUT2D eigenvalue weighted by atomic mass is 19.4. The number of carbonyl (C=O) groups excluding carboxylic acids is 1. The number of aryl methyl sites for hydroxylation is 1.